The predicted molar refractivity (Wildman–Crippen MR) is 73.1 cm³/mol. The zero-order chi connectivity index (χ0) is 14.5. The van der Waals surface area contributed by atoms with Crippen molar-refractivity contribution in [2.75, 3.05) is 6.61 Å². The van der Waals surface area contributed by atoms with Gasteiger partial charge in [0.25, 0.3) is 0 Å². The molecule has 0 radical (unpaired) electrons. The highest BCUT2D eigenvalue weighted by atomic mass is 16.5. The maximum absolute atomic E-state index is 11.8. The van der Waals surface area contributed by atoms with Crippen molar-refractivity contribution >= 4 is 5.97 Å². The van der Waals surface area contributed by atoms with E-state index in [1.807, 2.05) is 13.8 Å². The number of aromatic nitrogens is 4. The molecule has 6 nitrogen and oxygen atoms in total. The summed E-state index contributed by atoms with van der Waals surface area (Å²) < 4.78 is 4.98. The Morgan fingerprint density at radius 1 is 1.10 bits per heavy atom. The van der Waals surface area contributed by atoms with Crippen molar-refractivity contribution in [2.45, 2.75) is 27.2 Å². The molecule has 6 heteroatoms. The van der Waals surface area contributed by atoms with Crippen LogP contribution in [0.2, 0.25) is 0 Å². The molecule has 0 atom stereocenters. The van der Waals surface area contributed by atoms with Crippen LogP contribution in [-0.4, -0.2) is 32.5 Å². The van der Waals surface area contributed by atoms with Crippen molar-refractivity contribution in [3.8, 4) is 11.6 Å². The number of rotatable bonds is 4. The molecule has 2 aromatic rings. The van der Waals surface area contributed by atoms with E-state index >= 15 is 0 Å². The molecule has 104 valence electrons. The molecule has 0 aliphatic carbocycles. The molecule has 20 heavy (non-hydrogen) atoms. The topological polar surface area (TPSA) is 77.9 Å². The molecule has 0 aliphatic rings. The van der Waals surface area contributed by atoms with Gasteiger partial charge in [0.05, 0.1) is 17.9 Å². The smallest absolute Gasteiger partial charge is 0.341 e. The second-order valence-electron chi connectivity index (χ2n) is 4.21. The van der Waals surface area contributed by atoms with Gasteiger partial charge in [0.15, 0.2) is 11.6 Å². The van der Waals surface area contributed by atoms with E-state index in [1.54, 1.807) is 19.3 Å². The fraction of sp³-hybridized carbons (Fsp3) is 0.357. The highest BCUT2D eigenvalue weighted by molar-refractivity contribution is 5.90. The van der Waals surface area contributed by atoms with Gasteiger partial charge in [-0.2, -0.15) is 0 Å². The average Bonchev–Trinajstić information content (AvgIpc) is 2.47. The van der Waals surface area contributed by atoms with Crippen LogP contribution in [0.4, 0.5) is 0 Å². The zero-order valence-corrected chi connectivity index (χ0v) is 11.8. The summed E-state index contributed by atoms with van der Waals surface area (Å²) in [6.07, 6.45) is 5.49. The summed E-state index contributed by atoms with van der Waals surface area (Å²) in [5, 5.41) is 0. The lowest BCUT2D eigenvalue weighted by Crippen LogP contribution is -2.11. The van der Waals surface area contributed by atoms with Crippen LogP contribution in [0.25, 0.3) is 11.6 Å². The normalized spacial score (nSPS) is 10.3. The van der Waals surface area contributed by atoms with Gasteiger partial charge in [0, 0.05) is 18.6 Å². The Morgan fingerprint density at radius 3 is 2.35 bits per heavy atom. The molecular formula is C14H16N4O2. The highest BCUT2D eigenvalue weighted by Gasteiger charge is 2.15. The van der Waals surface area contributed by atoms with Gasteiger partial charge in [0.1, 0.15) is 0 Å². The van der Waals surface area contributed by atoms with Gasteiger partial charge in [-0.25, -0.2) is 24.7 Å². The molecule has 2 aromatic heterocycles. The summed E-state index contributed by atoms with van der Waals surface area (Å²) in [5.74, 6) is 0.455. The van der Waals surface area contributed by atoms with E-state index in [-0.39, 0.29) is 0 Å². The van der Waals surface area contributed by atoms with Crippen LogP contribution in [0.15, 0.2) is 18.6 Å². The number of hydrogen-bond donors (Lipinski definition) is 0. The van der Waals surface area contributed by atoms with Crippen LogP contribution in [0, 0.1) is 6.92 Å². The summed E-state index contributed by atoms with van der Waals surface area (Å²) in [6.45, 7) is 5.92. The SMILES string of the molecule is CCOC(=O)c1cnc(-c2ncc(C)cn2)nc1CC. The quantitative estimate of drug-likeness (QED) is 0.792. The van der Waals surface area contributed by atoms with Crippen LogP contribution in [0.1, 0.15) is 35.5 Å². The van der Waals surface area contributed by atoms with Gasteiger partial charge in [-0.1, -0.05) is 6.92 Å². The van der Waals surface area contributed by atoms with Crippen LogP contribution in [0.3, 0.4) is 0 Å². The number of carbonyl (C=O) groups is 1. The maximum Gasteiger partial charge on any atom is 0.341 e. The van der Waals surface area contributed by atoms with Crippen molar-refractivity contribution in [2.24, 2.45) is 0 Å². The average molecular weight is 272 g/mol. The van der Waals surface area contributed by atoms with Crippen molar-refractivity contribution in [3.05, 3.63) is 35.4 Å². The Hall–Kier alpha value is -2.37. The molecule has 0 N–H and O–H groups in total. The Morgan fingerprint density at radius 2 is 1.75 bits per heavy atom. The molecule has 0 fully saturated rings. The Labute approximate surface area is 117 Å². The molecule has 2 heterocycles. The lowest BCUT2D eigenvalue weighted by molar-refractivity contribution is 0.0524. The van der Waals surface area contributed by atoms with E-state index in [4.69, 9.17) is 4.74 Å². The van der Waals surface area contributed by atoms with E-state index < -0.39 is 5.97 Å². The molecule has 0 unspecified atom stereocenters. The van der Waals surface area contributed by atoms with Crippen molar-refractivity contribution in [1.82, 2.24) is 19.9 Å². The number of ether oxygens (including phenoxy) is 1. The first kappa shape index (κ1) is 14.0. The zero-order valence-electron chi connectivity index (χ0n) is 11.8. The first-order valence-electron chi connectivity index (χ1n) is 6.47. The molecule has 2 rings (SSSR count). The van der Waals surface area contributed by atoms with E-state index in [0.717, 1.165) is 5.56 Å². The number of esters is 1. The minimum atomic E-state index is -0.402. The van der Waals surface area contributed by atoms with Gasteiger partial charge in [-0.3, -0.25) is 0 Å². The molecule has 0 saturated carbocycles. The van der Waals surface area contributed by atoms with Crippen molar-refractivity contribution in [1.29, 1.82) is 0 Å². The summed E-state index contributed by atoms with van der Waals surface area (Å²) in [7, 11) is 0. The molecule has 0 amide bonds. The number of hydrogen-bond acceptors (Lipinski definition) is 6. The van der Waals surface area contributed by atoms with Gasteiger partial charge in [-0.15, -0.1) is 0 Å². The van der Waals surface area contributed by atoms with Crippen LogP contribution < -0.4 is 0 Å². The molecule has 0 saturated heterocycles. The van der Waals surface area contributed by atoms with Gasteiger partial charge in [-0.05, 0) is 25.8 Å². The van der Waals surface area contributed by atoms with E-state index in [0.29, 0.717) is 35.9 Å². The Bertz CT molecular complexity index is 611. The third-order valence-electron chi connectivity index (χ3n) is 2.68. The lowest BCUT2D eigenvalue weighted by atomic mass is 10.2. The summed E-state index contributed by atoms with van der Waals surface area (Å²) in [6, 6.07) is 0. The fourth-order valence-corrected chi connectivity index (χ4v) is 1.68. The molecule has 0 spiro atoms. The van der Waals surface area contributed by atoms with Gasteiger partial charge in [0.2, 0.25) is 0 Å². The fourth-order valence-electron chi connectivity index (χ4n) is 1.68. The Kier molecular flexibility index (Phi) is 4.34. The third-order valence-corrected chi connectivity index (χ3v) is 2.68. The van der Waals surface area contributed by atoms with E-state index in [9.17, 15) is 4.79 Å². The predicted octanol–water partition coefficient (Wildman–Crippen LogP) is 1.98. The van der Waals surface area contributed by atoms with Crippen molar-refractivity contribution < 1.29 is 9.53 Å². The van der Waals surface area contributed by atoms with Gasteiger partial charge >= 0.3 is 5.97 Å². The summed E-state index contributed by atoms with van der Waals surface area (Å²) in [4.78, 5) is 28.7. The molecule has 0 aliphatic heterocycles. The molecular weight excluding hydrogens is 256 g/mol. The maximum atomic E-state index is 11.8. The first-order chi connectivity index (χ1) is 9.65. The highest BCUT2D eigenvalue weighted by Crippen LogP contribution is 2.14. The first-order valence-corrected chi connectivity index (χ1v) is 6.47. The van der Waals surface area contributed by atoms with E-state index in [1.165, 1.54) is 6.20 Å². The molecule has 0 bridgehead atoms. The number of carbonyl (C=O) groups excluding carboxylic acids is 1. The lowest BCUT2D eigenvalue weighted by Gasteiger charge is -2.07. The minimum absolute atomic E-state index is 0.324. The van der Waals surface area contributed by atoms with Crippen molar-refractivity contribution in [3.63, 3.8) is 0 Å². The summed E-state index contributed by atoms with van der Waals surface area (Å²) >= 11 is 0. The second kappa shape index (κ2) is 6.18. The third kappa shape index (κ3) is 2.96. The molecule has 0 aromatic carbocycles. The standard InChI is InChI=1S/C14H16N4O2/c1-4-11-10(14(19)20-5-2)8-17-13(18-11)12-15-6-9(3)7-16-12/h6-8H,4-5H2,1-3H3. The monoisotopic (exact) mass is 272 g/mol. The number of nitrogens with zero attached hydrogens (tertiary/aromatic N) is 4. The van der Waals surface area contributed by atoms with Crippen LogP contribution >= 0.6 is 0 Å². The van der Waals surface area contributed by atoms with Gasteiger partial charge < -0.3 is 4.74 Å². The van der Waals surface area contributed by atoms with Crippen LogP contribution in [-0.2, 0) is 11.2 Å². The Balaban J connectivity index is 2.38. The van der Waals surface area contributed by atoms with E-state index in [2.05, 4.69) is 19.9 Å². The number of aryl methyl sites for hydroxylation is 2. The largest absolute Gasteiger partial charge is 0.462 e. The minimum Gasteiger partial charge on any atom is -0.462 e. The summed E-state index contributed by atoms with van der Waals surface area (Å²) in [5.41, 5.74) is 2.00. The second-order valence-corrected chi connectivity index (χ2v) is 4.21. The van der Waals surface area contributed by atoms with Crippen LogP contribution in [0.5, 0.6) is 0 Å².